The second-order valence-corrected chi connectivity index (χ2v) is 2.38. The van der Waals surface area contributed by atoms with E-state index in [0.29, 0.717) is 0 Å². The summed E-state index contributed by atoms with van der Waals surface area (Å²) < 4.78 is 35.9. The van der Waals surface area contributed by atoms with Gasteiger partial charge in [-0.3, -0.25) is 4.98 Å². The molecule has 0 aliphatic carbocycles. The fourth-order valence-electron chi connectivity index (χ4n) is 0.732. The van der Waals surface area contributed by atoms with Crippen LogP contribution in [0.5, 0.6) is 0 Å². The smallest absolute Gasteiger partial charge is 0.433 e. The third-order valence-electron chi connectivity index (χ3n) is 1.39. The molecular weight excluding hydrogens is 183 g/mol. The van der Waals surface area contributed by atoms with E-state index in [2.05, 4.69) is 11.6 Å². The molecule has 1 N–H and O–H groups in total. The Bertz CT molecular complexity index is 315. The number of hydrogen-bond donors (Lipinski definition) is 1. The van der Waals surface area contributed by atoms with E-state index in [-0.39, 0.29) is 11.3 Å². The highest BCUT2D eigenvalue weighted by atomic mass is 19.4. The number of aromatic nitrogens is 1. The number of pyridine rings is 1. The van der Waals surface area contributed by atoms with Crippen LogP contribution >= 0.6 is 0 Å². The Kier molecular flexibility index (Phi) is 2.27. The summed E-state index contributed by atoms with van der Waals surface area (Å²) in [5.41, 5.74) is -0.814. The first-order valence-electron chi connectivity index (χ1n) is 3.33. The molecule has 0 spiro atoms. The molecule has 1 aromatic rings. The first-order valence-corrected chi connectivity index (χ1v) is 3.33. The largest absolute Gasteiger partial charge is 0.508 e. The topological polar surface area (TPSA) is 33.1 Å². The van der Waals surface area contributed by atoms with Gasteiger partial charge in [-0.1, -0.05) is 6.58 Å². The maximum Gasteiger partial charge on any atom is 0.433 e. The summed E-state index contributed by atoms with van der Waals surface area (Å²) >= 11 is 0. The van der Waals surface area contributed by atoms with Crippen LogP contribution < -0.4 is 0 Å². The number of hydrogen-bond acceptors (Lipinski definition) is 2. The van der Waals surface area contributed by atoms with Crippen LogP contribution in [0.4, 0.5) is 13.2 Å². The van der Waals surface area contributed by atoms with Crippen molar-refractivity contribution in [3.8, 4) is 0 Å². The minimum Gasteiger partial charge on any atom is -0.508 e. The summed E-state index contributed by atoms with van der Waals surface area (Å²) in [7, 11) is 0. The molecule has 13 heavy (non-hydrogen) atoms. The molecule has 1 rings (SSSR count). The van der Waals surface area contributed by atoms with E-state index in [1.54, 1.807) is 0 Å². The number of halogens is 3. The zero-order valence-corrected chi connectivity index (χ0v) is 6.47. The Balaban J connectivity index is 3.01. The van der Waals surface area contributed by atoms with Crippen LogP contribution in [0.15, 0.2) is 24.9 Å². The van der Waals surface area contributed by atoms with Gasteiger partial charge in [0.15, 0.2) is 0 Å². The summed E-state index contributed by atoms with van der Waals surface area (Å²) in [6.07, 6.45) is -3.53. The van der Waals surface area contributed by atoms with Crippen LogP contribution in [0.3, 0.4) is 0 Å². The van der Waals surface area contributed by atoms with Gasteiger partial charge in [-0.05, 0) is 12.1 Å². The molecular formula is C8H6F3NO. The molecule has 1 aromatic heterocycles. The minimum absolute atomic E-state index is 0.174. The van der Waals surface area contributed by atoms with Crippen molar-refractivity contribution in [3.63, 3.8) is 0 Å². The van der Waals surface area contributed by atoms with Crippen LogP contribution in [-0.2, 0) is 6.18 Å². The molecule has 0 aromatic carbocycles. The first-order chi connectivity index (χ1) is 5.91. The highest BCUT2D eigenvalue weighted by molar-refractivity contribution is 5.54. The molecule has 70 valence electrons. The maximum absolute atomic E-state index is 12.0. The number of nitrogens with zero attached hydrogens (tertiary/aromatic N) is 1. The lowest BCUT2D eigenvalue weighted by Crippen LogP contribution is -2.07. The van der Waals surface area contributed by atoms with E-state index >= 15 is 0 Å². The summed E-state index contributed by atoms with van der Waals surface area (Å²) in [6, 6.07) is 1.90. The van der Waals surface area contributed by atoms with Crippen LogP contribution in [0.25, 0.3) is 5.76 Å². The standard InChI is InChI=1S/C8H6F3NO/c1-5(13)6-2-3-7(12-4-6)8(9,10)11/h2-4,13H,1H2. The van der Waals surface area contributed by atoms with E-state index in [1.165, 1.54) is 0 Å². The Morgan fingerprint density at radius 1 is 1.38 bits per heavy atom. The lowest BCUT2D eigenvalue weighted by Gasteiger charge is -2.05. The lowest BCUT2D eigenvalue weighted by atomic mass is 10.2. The fraction of sp³-hybridized carbons (Fsp3) is 0.125. The van der Waals surface area contributed by atoms with E-state index in [9.17, 15) is 13.2 Å². The third-order valence-corrected chi connectivity index (χ3v) is 1.39. The number of aliphatic hydroxyl groups excluding tert-OH is 1. The van der Waals surface area contributed by atoms with Gasteiger partial charge in [-0.15, -0.1) is 0 Å². The van der Waals surface area contributed by atoms with Crippen LogP contribution in [0.1, 0.15) is 11.3 Å². The van der Waals surface area contributed by atoms with Gasteiger partial charge in [-0.25, -0.2) is 0 Å². The van der Waals surface area contributed by atoms with Gasteiger partial charge < -0.3 is 5.11 Å². The fourth-order valence-corrected chi connectivity index (χ4v) is 0.732. The zero-order valence-electron chi connectivity index (χ0n) is 6.47. The zero-order chi connectivity index (χ0) is 10.1. The Morgan fingerprint density at radius 3 is 2.31 bits per heavy atom. The van der Waals surface area contributed by atoms with Gasteiger partial charge in [0.2, 0.25) is 0 Å². The van der Waals surface area contributed by atoms with Gasteiger partial charge in [0, 0.05) is 11.8 Å². The molecule has 0 amide bonds. The Hall–Kier alpha value is -1.52. The van der Waals surface area contributed by atoms with Gasteiger partial charge in [-0.2, -0.15) is 13.2 Å². The third kappa shape index (κ3) is 2.21. The van der Waals surface area contributed by atoms with Crippen molar-refractivity contribution >= 4 is 5.76 Å². The molecule has 2 nitrogen and oxygen atoms in total. The second kappa shape index (κ2) is 3.08. The molecule has 0 aliphatic rings. The summed E-state index contributed by atoms with van der Waals surface area (Å²) in [4.78, 5) is 3.13. The molecule has 0 saturated heterocycles. The second-order valence-electron chi connectivity index (χ2n) is 2.38. The van der Waals surface area contributed by atoms with Crippen molar-refractivity contribution in [1.82, 2.24) is 4.98 Å². The van der Waals surface area contributed by atoms with E-state index in [4.69, 9.17) is 5.11 Å². The van der Waals surface area contributed by atoms with Crippen LogP contribution in [-0.4, -0.2) is 10.1 Å². The quantitative estimate of drug-likeness (QED) is 0.689. The van der Waals surface area contributed by atoms with Gasteiger partial charge in [0.25, 0.3) is 0 Å². The van der Waals surface area contributed by atoms with Crippen molar-refractivity contribution in [2.24, 2.45) is 0 Å². The highest BCUT2D eigenvalue weighted by Gasteiger charge is 2.31. The SMILES string of the molecule is C=C(O)c1ccc(C(F)(F)F)nc1. The Morgan fingerprint density at radius 2 is 2.00 bits per heavy atom. The molecule has 0 atom stereocenters. The highest BCUT2D eigenvalue weighted by Crippen LogP contribution is 2.27. The molecule has 0 fully saturated rings. The van der Waals surface area contributed by atoms with Gasteiger partial charge >= 0.3 is 6.18 Å². The molecule has 0 unspecified atom stereocenters. The number of rotatable bonds is 1. The van der Waals surface area contributed by atoms with Gasteiger partial charge in [0.05, 0.1) is 0 Å². The molecule has 0 radical (unpaired) electrons. The van der Waals surface area contributed by atoms with E-state index < -0.39 is 11.9 Å². The van der Waals surface area contributed by atoms with E-state index in [1.807, 2.05) is 0 Å². The molecule has 0 saturated carbocycles. The summed E-state index contributed by atoms with van der Waals surface area (Å²) in [5.74, 6) is -0.304. The van der Waals surface area contributed by atoms with Crippen molar-refractivity contribution < 1.29 is 18.3 Å². The molecule has 0 bridgehead atoms. The monoisotopic (exact) mass is 189 g/mol. The van der Waals surface area contributed by atoms with Crippen molar-refractivity contribution in [2.45, 2.75) is 6.18 Å². The van der Waals surface area contributed by atoms with Crippen molar-refractivity contribution in [3.05, 3.63) is 36.2 Å². The average molecular weight is 189 g/mol. The summed E-state index contributed by atoms with van der Waals surface area (Å²) in [5, 5.41) is 8.80. The first kappa shape index (κ1) is 9.57. The Labute approximate surface area is 72.3 Å². The molecule has 1 heterocycles. The minimum atomic E-state index is -4.45. The number of aliphatic hydroxyl groups is 1. The average Bonchev–Trinajstić information content (AvgIpc) is 2.03. The predicted molar refractivity (Wildman–Crippen MR) is 40.9 cm³/mol. The van der Waals surface area contributed by atoms with Crippen LogP contribution in [0.2, 0.25) is 0 Å². The molecule has 0 aliphatic heterocycles. The van der Waals surface area contributed by atoms with Gasteiger partial charge in [0.1, 0.15) is 11.5 Å². The normalized spacial score (nSPS) is 11.3. The lowest BCUT2D eigenvalue weighted by molar-refractivity contribution is -0.141. The van der Waals surface area contributed by atoms with Crippen molar-refractivity contribution in [2.75, 3.05) is 0 Å². The van der Waals surface area contributed by atoms with Crippen molar-refractivity contribution in [1.29, 1.82) is 0 Å². The maximum atomic E-state index is 12.0. The summed E-state index contributed by atoms with van der Waals surface area (Å²) in [6.45, 7) is 3.15. The van der Waals surface area contributed by atoms with E-state index in [0.717, 1.165) is 18.3 Å². The molecule has 5 heteroatoms. The number of alkyl halides is 3. The van der Waals surface area contributed by atoms with Crippen LogP contribution in [0, 0.1) is 0 Å². The predicted octanol–water partition coefficient (Wildman–Crippen LogP) is 2.63.